The standard InChI is InChI=1S/C19H24N2O/c1-3-13-21(16-17-8-6-12-20-15-17)14-7-10-18-9-4-5-11-19(18)22-2/h4-12,15H,3,13-14,16H2,1-2H3. The molecule has 0 aliphatic carbocycles. The number of rotatable bonds is 8. The van der Waals surface area contributed by atoms with Gasteiger partial charge in [0.1, 0.15) is 5.75 Å². The van der Waals surface area contributed by atoms with Crippen LogP contribution in [-0.4, -0.2) is 30.1 Å². The van der Waals surface area contributed by atoms with Crippen LogP contribution in [0.2, 0.25) is 0 Å². The highest BCUT2D eigenvalue weighted by Crippen LogP contribution is 2.18. The summed E-state index contributed by atoms with van der Waals surface area (Å²) in [6, 6.07) is 12.2. The third-order valence-electron chi connectivity index (χ3n) is 3.47. The number of aromatic nitrogens is 1. The van der Waals surface area contributed by atoms with Crippen molar-refractivity contribution < 1.29 is 4.74 Å². The molecule has 22 heavy (non-hydrogen) atoms. The molecule has 2 aromatic rings. The molecule has 0 amide bonds. The lowest BCUT2D eigenvalue weighted by Crippen LogP contribution is -2.24. The first-order valence-corrected chi connectivity index (χ1v) is 7.74. The van der Waals surface area contributed by atoms with Crippen molar-refractivity contribution in [3.8, 4) is 5.75 Å². The zero-order valence-electron chi connectivity index (χ0n) is 13.4. The molecule has 1 aromatic heterocycles. The van der Waals surface area contributed by atoms with Crippen LogP contribution in [0.4, 0.5) is 0 Å². The van der Waals surface area contributed by atoms with Crippen molar-refractivity contribution in [1.29, 1.82) is 0 Å². The van der Waals surface area contributed by atoms with Crippen molar-refractivity contribution in [1.82, 2.24) is 9.88 Å². The number of pyridine rings is 1. The largest absolute Gasteiger partial charge is 0.496 e. The van der Waals surface area contributed by atoms with Crippen LogP contribution >= 0.6 is 0 Å². The van der Waals surface area contributed by atoms with E-state index < -0.39 is 0 Å². The average molecular weight is 296 g/mol. The van der Waals surface area contributed by atoms with E-state index in [2.05, 4.69) is 41.1 Å². The first-order chi connectivity index (χ1) is 10.8. The molecule has 3 nitrogen and oxygen atoms in total. The number of para-hydroxylation sites is 1. The maximum Gasteiger partial charge on any atom is 0.126 e. The molecular formula is C19H24N2O. The van der Waals surface area contributed by atoms with E-state index in [4.69, 9.17) is 4.74 Å². The lowest BCUT2D eigenvalue weighted by Gasteiger charge is -2.19. The third-order valence-corrected chi connectivity index (χ3v) is 3.47. The van der Waals surface area contributed by atoms with Gasteiger partial charge in [-0.2, -0.15) is 0 Å². The van der Waals surface area contributed by atoms with Gasteiger partial charge >= 0.3 is 0 Å². The highest BCUT2D eigenvalue weighted by Gasteiger charge is 2.03. The summed E-state index contributed by atoms with van der Waals surface area (Å²) in [5, 5.41) is 0. The predicted molar refractivity (Wildman–Crippen MR) is 91.8 cm³/mol. The fourth-order valence-electron chi connectivity index (χ4n) is 2.43. The first-order valence-electron chi connectivity index (χ1n) is 7.74. The van der Waals surface area contributed by atoms with Crippen molar-refractivity contribution in [3.05, 3.63) is 66.0 Å². The van der Waals surface area contributed by atoms with Gasteiger partial charge < -0.3 is 4.74 Å². The monoisotopic (exact) mass is 296 g/mol. The fourth-order valence-corrected chi connectivity index (χ4v) is 2.43. The summed E-state index contributed by atoms with van der Waals surface area (Å²) >= 11 is 0. The van der Waals surface area contributed by atoms with Crippen LogP contribution < -0.4 is 4.74 Å². The summed E-state index contributed by atoms with van der Waals surface area (Å²) in [6.45, 7) is 5.13. The van der Waals surface area contributed by atoms with Crippen LogP contribution in [0, 0.1) is 0 Å². The zero-order chi connectivity index (χ0) is 15.6. The Morgan fingerprint density at radius 2 is 2.05 bits per heavy atom. The molecule has 0 atom stereocenters. The molecule has 0 spiro atoms. The summed E-state index contributed by atoms with van der Waals surface area (Å²) in [7, 11) is 1.71. The topological polar surface area (TPSA) is 25.4 Å². The molecular weight excluding hydrogens is 272 g/mol. The lowest BCUT2D eigenvalue weighted by atomic mass is 10.2. The minimum absolute atomic E-state index is 0.910. The Balaban J connectivity index is 1.97. The molecule has 0 unspecified atom stereocenters. The molecule has 2 rings (SSSR count). The van der Waals surface area contributed by atoms with E-state index in [-0.39, 0.29) is 0 Å². The first kappa shape index (κ1) is 16.2. The normalized spacial score (nSPS) is 11.2. The van der Waals surface area contributed by atoms with Crippen molar-refractivity contribution in [3.63, 3.8) is 0 Å². The Morgan fingerprint density at radius 1 is 1.18 bits per heavy atom. The quantitative estimate of drug-likeness (QED) is 0.736. The molecule has 0 aliphatic heterocycles. The van der Waals surface area contributed by atoms with Crippen LogP contribution in [-0.2, 0) is 6.54 Å². The molecule has 0 radical (unpaired) electrons. The second kappa shape index (κ2) is 9.00. The van der Waals surface area contributed by atoms with Gasteiger partial charge in [-0.05, 0) is 30.7 Å². The third kappa shape index (κ3) is 5.01. The van der Waals surface area contributed by atoms with Crippen molar-refractivity contribution in [2.24, 2.45) is 0 Å². The van der Waals surface area contributed by atoms with Gasteiger partial charge in [0.15, 0.2) is 0 Å². The smallest absolute Gasteiger partial charge is 0.126 e. The SMILES string of the molecule is CCCN(CC=Cc1ccccc1OC)Cc1cccnc1. The van der Waals surface area contributed by atoms with Crippen molar-refractivity contribution in [2.45, 2.75) is 19.9 Å². The highest BCUT2D eigenvalue weighted by molar-refractivity contribution is 5.57. The number of hydrogen-bond donors (Lipinski definition) is 0. The number of hydrogen-bond acceptors (Lipinski definition) is 3. The van der Waals surface area contributed by atoms with Gasteiger partial charge in [0.25, 0.3) is 0 Å². The Labute approximate surface area is 133 Å². The fraction of sp³-hybridized carbons (Fsp3) is 0.316. The van der Waals surface area contributed by atoms with E-state index in [1.165, 1.54) is 5.56 Å². The van der Waals surface area contributed by atoms with Gasteiger partial charge in [0, 0.05) is 31.0 Å². The molecule has 3 heteroatoms. The van der Waals surface area contributed by atoms with E-state index in [0.717, 1.165) is 37.4 Å². The minimum atomic E-state index is 0.910. The molecule has 0 saturated carbocycles. The molecule has 0 fully saturated rings. The van der Waals surface area contributed by atoms with Crippen molar-refractivity contribution >= 4 is 6.08 Å². The van der Waals surface area contributed by atoms with Crippen LogP contribution in [0.1, 0.15) is 24.5 Å². The maximum absolute atomic E-state index is 5.37. The number of methoxy groups -OCH3 is 1. The van der Waals surface area contributed by atoms with E-state index >= 15 is 0 Å². The summed E-state index contributed by atoms with van der Waals surface area (Å²) in [5.41, 5.74) is 2.37. The van der Waals surface area contributed by atoms with Gasteiger partial charge in [-0.3, -0.25) is 9.88 Å². The van der Waals surface area contributed by atoms with Crippen LogP contribution in [0.5, 0.6) is 5.75 Å². The summed E-state index contributed by atoms with van der Waals surface area (Å²) in [4.78, 5) is 6.61. The summed E-state index contributed by atoms with van der Waals surface area (Å²) in [6.07, 6.45) is 9.22. The van der Waals surface area contributed by atoms with Gasteiger partial charge in [0.2, 0.25) is 0 Å². The van der Waals surface area contributed by atoms with Gasteiger partial charge in [-0.25, -0.2) is 0 Å². The Bertz CT molecular complexity index is 581. The van der Waals surface area contributed by atoms with Crippen LogP contribution in [0.25, 0.3) is 6.08 Å². The number of ether oxygens (including phenoxy) is 1. The van der Waals surface area contributed by atoms with E-state index in [1.807, 2.05) is 36.7 Å². The number of nitrogens with zero attached hydrogens (tertiary/aromatic N) is 2. The van der Waals surface area contributed by atoms with Crippen LogP contribution in [0.15, 0.2) is 54.9 Å². The van der Waals surface area contributed by atoms with Gasteiger partial charge in [0.05, 0.1) is 7.11 Å². The molecule has 1 aromatic carbocycles. The maximum atomic E-state index is 5.37. The Kier molecular flexibility index (Phi) is 6.65. The Morgan fingerprint density at radius 3 is 2.77 bits per heavy atom. The van der Waals surface area contributed by atoms with Gasteiger partial charge in [-0.15, -0.1) is 0 Å². The van der Waals surface area contributed by atoms with E-state index in [1.54, 1.807) is 7.11 Å². The Hall–Kier alpha value is -2.13. The molecule has 1 heterocycles. The second-order valence-electron chi connectivity index (χ2n) is 5.24. The highest BCUT2D eigenvalue weighted by atomic mass is 16.5. The zero-order valence-corrected chi connectivity index (χ0v) is 13.4. The minimum Gasteiger partial charge on any atom is -0.496 e. The summed E-state index contributed by atoms with van der Waals surface area (Å²) < 4.78 is 5.37. The van der Waals surface area contributed by atoms with E-state index in [0.29, 0.717) is 0 Å². The average Bonchev–Trinajstić information content (AvgIpc) is 2.56. The molecule has 116 valence electrons. The number of benzene rings is 1. The molecule has 0 bridgehead atoms. The second-order valence-corrected chi connectivity index (χ2v) is 5.24. The molecule has 0 N–H and O–H groups in total. The predicted octanol–water partition coefficient (Wildman–Crippen LogP) is 4.02. The van der Waals surface area contributed by atoms with Gasteiger partial charge in [-0.1, -0.05) is 43.3 Å². The van der Waals surface area contributed by atoms with E-state index in [9.17, 15) is 0 Å². The summed E-state index contributed by atoms with van der Waals surface area (Å²) in [5.74, 6) is 0.910. The molecule has 0 saturated heterocycles. The lowest BCUT2D eigenvalue weighted by molar-refractivity contribution is 0.295. The molecule has 0 aliphatic rings. The van der Waals surface area contributed by atoms with Crippen molar-refractivity contribution in [2.75, 3.05) is 20.2 Å². The van der Waals surface area contributed by atoms with Crippen LogP contribution in [0.3, 0.4) is 0 Å².